The maximum absolute atomic E-state index is 12.6. The summed E-state index contributed by atoms with van der Waals surface area (Å²) < 4.78 is 11.0. The van der Waals surface area contributed by atoms with Crippen molar-refractivity contribution < 1.29 is 14.3 Å². The molecule has 4 heteroatoms. The van der Waals surface area contributed by atoms with Gasteiger partial charge in [0.15, 0.2) is 6.10 Å². The summed E-state index contributed by atoms with van der Waals surface area (Å²) in [6.07, 6.45) is 0.0677. The third-order valence-electron chi connectivity index (χ3n) is 4.26. The number of carbonyl (C=O) groups excluding carboxylic acids is 1. The van der Waals surface area contributed by atoms with E-state index in [4.69, 9.17) is 9.47 Å². The fraction of sp³-hybridized carbons (Fsp3) is 0.381. The van der Waals surface area contributed by atoms with Crippen molar-refractivity contribution in [2.75, 3.05) is 7.11 Å². The average molecular weight is 341 g/mol. The van der Waals surface area contributed by atoms with Crippen molar-refractivity contribution in [3.8, 4) is 11.5 Å². The minimum atomic E-state index is -0.527. The van der Waals surface area contributed by atoms with E-state index in [9.17, 15) is 4.79 Å². The first-order valence-corrected chi connectivity index (χ1v) is 8.62. The zero-order valence-electron chi connectivity index (χ0n) is 15.6. The van der Waals surface area contributed by atoms with Gasteiger partial charge in [0, 0.05) is 0 Å². The Labute approximate surface area is 150 Å². The number of aryl methyl sites for hydroxylation is 2. The normalized spacial score (nSPS) is 13.0. The summed E-state index contributed by atoms with van der Waals surface area (Å²) in [6.45, 7) is 8.05. The molecule has 0 saturated carbocycles. The zero-order valence-corrected chi connectivity index (χ0v) is 15.6. The molecule has 0 aromatic heterocycles. The van der Waals surface area contributed by atoms with Crippen LogP contribution in [0, 0.1) is 13.8 Å². The predicted octanol–water partition coefficient (Wildman–Crippen LogP) is 4.35. The molecule has 0 aliphatic rings. The first kappa shape index (κ1) is 18.8. The molecular weight excluding hydrogens is 314 g/mol. The number of hydrogen-bond acceptors (Lipinski definition) is 3. The Morgan fingerprint density at radius 2 is 1.72 bits per heavy atom. The Morgan fingerprint density at radius 1 is 1.08 bits per heavy atom. The summed E-state index contributed by atoms with van der Waals surface area (Å²) >= 11 is 0. The molecule has 2 aromatic carbocycles. The highest BCUT2D eigenvalue weighted by molar-refractivity contribution is 5.81. The molecule has 25 heavy (non-hydrogen) atoms. The number of carbonyl (C=O) groups is 1. The lowest BCUT2D eigenvalue weighted by Gasteiger charge is -2.22. The molecule has 0 fully saturated rings. The molecule has 2 aromatic rings. The second kappa shape index (κ2) is 8.56. The Bertz CT molecular complexity index is 710. The quantitative estimate of drug-likeness (QED) is 0.814. The van der Waals surface area contributed by atoms with Crippen LogP contribution < -0.4 is 14.8 Å². The SMILES string of the molecule is CC[C@@H](Oc1ccc(OC)cc1)C(=O)N[C@@H](C)c1cc(C)ccc1C. The van der Waals surface area contributed by atoms with Gasteiger partial charge in [-0.25, -0.2) is 0 Å². The predicted molar refractivity (Wildman–Crippen MR) is 100 cm³/mol. The van der Waals surface area contributed by atoms with Gasteiger partial charge in [-0.15, -0.1) is 0 Å². The van der Waals surface area contributed by atoms with Crippen LogP contribution in [0.3, 0.4) is 0 Å². The molecule has 0 aliphatic heterocycles. The smallest absolute Gasteiger partial charge is 0.261 e. The third kappa shape index (κ3) is 4.99. The number of hydrogen-bond donors (Lipinski definition) is 1. The fourth-order valence-electron chi connectivity index (χ4n) is 2.75. The lowest BCUT2D eigenvalue weighted by atomic mass is 10.00. The van der Waals surface area contributed by atoms with Crippen molar-refractivity contribution in [1.82, 2.24) is 5.32 Å². The summed E-state index contributed by atoms with van der Waals surface area (Å²) in [5, 5.41) is 3.07. The summed E-state index contributed by atoms with van der Waals surface area (Å²) in [4.78, 5) is 12.6. The number of benzene rings is 2. The minimum Gasteiger partial charge on any atom is -0.497 e. The van der Waals surface area contributed by atoms with Crippen molar-refractivity contribution in [2.45, 2.75) is 46.3 Å². The maximum atomic E-state index is 12.6. The number of rotatable bonds is 7. The number of methoxy groups -OCH3 is 1. The van der Waals surface area contributed by atoms with Gasteiger partial charge >= 0.3 is 0 Å². The van der Waals surface area contributed by atoms with Crippen LogP contribution in [0.25, 0.3) is 0 Å². The van der Waals surface area contributed by atoms with Crippen molar-refractivity contribution in [2.24, 2.45) is 0 Å². The van der Waals surface area contributed by atoms with E-state index in [1.165, 1.54) is 11.1 Å². The lowest BCUT2D eigenvalue weighted by Crippen LogP contribution is -2.39. The van der Waals surface area contributed by atoms with E-state index in [1.54, 1.807) is 7.11 Å². The van der Waals surface area contributed by atoms with Crippen molar-refractivity contribution in [3.63, 3.8) is 0 Å². The molecule has 0 radical (unpaired) electrons. The number of nitrogens with one attached hydrogen (secondary N) is 1. The van der Waals surface area contributed by atoms with Crippen LogP contribution in [0.15, 0.2) is 42.5 Å². The first-order valence-electron chi connectivity index (χ1n) is 8.62. The summed E-state index contributed by atoms with van der Waals surface area (Å²) in [5.41, 5.74) is 3.48. The van der Waals surface area contributed by atoms with E-state index < -0.39 is 6.10 Å². The maximum Gasteiger partial charge on any atom is 0.261 e. The number of ether oxygens (including phenoxy) is 2. The van der Waals surface area contributed by atoms with Crippen molar-refractivity contribution in [3.05, 3.63) is 59.2 Å². The van der Waals surface area contributed by atoms with Gasteiger partial charge in [-0.1, -0.05) is 30.7 Å². The molecule has 2 atom stereocenters. The Hall–Kier alpha value is -2.49. The molecule has 1 N–H and O–H groups in total. The Balaban J connectivity index is 2.04. The highest BCUT2D eigenvalue weighted by Gasteiger charge is 2.21. The molecule has 0 saturated heterocycles. The molecule has 0 heterocycles. The van der Waals surface area contributed by atoms with E-state index in [0.29, 0.717) is 12.2 Å². The summed E-state index contributed by atoms with van der Waals surface area (Å²) in [7, 11) is 1.62. The molecule has 4 nitrogen and oxygen atoms in total. The van der Waals surface area contributed by atoms with E-state index in [-0.39, 0.29) is 11.9 Å². The third-order valence-corrected chi connectivity index (χ3v) is 4.26. The van der Waals surface area contributed by atoms with Gasteiger partial charge in [-0.3, -0.25) is 4.79 Å². The van der Waals surface area contributed by atoms with Crippen LogP contribution in [0.5, 0.6) is 11.5 Å². The van der Waals surface area contributed by atoms with Crippen LogP contribution >= 0.6 is 0 Å². The van der Waals surface area contributed by atoms with Gasteiger partial charge in [0.25, 0.3) is 5.91 Å². The van der Waals surface area contributed by atoms with Crippen LogP contribution in [0.2, 0.25) is 0 Å². The van der Waals surface area contributed by atoms with Gasteiger partial charge in [-0.05, 0) is 62.6 Å². The Morgan fingerprint density at radius 3 is 2.32 bits per heavy atom. The Kier molecular flexibility index (Phi) is 6.45. The number of amides is 1. The molecule has 2 rings (SSSR count). The second-order valence-corrected chi connectivity index (χ2v) is 6.28. The van der Waals surface area contributed by atoms with Crippen molar-refractivity contribution in [1.29, 1.82) is 0 Å². The van der Waals surface area contributed by atoms with Crippen LogP contribution in [-0.4, -0.2) is 19.1 Å². The van der Waals surface area contributed by atoms with Crippen molar-refractivity contribution >= 4 is 5.91 Å². The highest BCUT2D eigenvalue weighted by Crippen LogP contribution is 2.21. The summed E-state index contributed by atoms with van der Waals surface area (Å²) in [6, 6.07) is 13.5. The standard InChI is InChI=1S/C21H27NO3/c1-6-20(25-18-11-9-17(24-5)10-12-18)21(23)22-16(4)19-13-14(2)7-8-15(19)3/h7-13,16,20H,6H2,1-5H3,(H,22,23)/t16-,20+/m0/s1. The van der Waals surface area contributed by atoms with Gasteiger partial charge in [-0.2, -0.15) is 0 Å². The van der Waals surface area contributed by atoms with E-state index in [0.717, 1.165) is 11.3 Å². The lowest BCUT2D eigenvalue weighted by molar-refractivity contribution is -0.128. The van der Waals surface area contributed by atoms with E-state index >= 15 is 0 Å². The van der Waals surface area contributed by atoms with Crippen LogP contribution in [-0.2, 0) is 4.79 Å². The first-order chi connectivity index (χ1) is 11.9. The zero-order chi connectivity index (χ0) is 18.4. The second-order valence-electron chi connectivity index (χ2n) is 6.28. The topological polar surface area (TPSA) is 47.6 Å². The summed E-state index contributed by atoms with van der Waals surface area (Å²) in [5.74, 6) is 1.31. The molecular formula is C21H27NO3. The van der Waals surface area contributed by atoms with Gasteiger partial charge < -0.3 is 14.8 Å². The molecule has 0 spiro atoms. The van der Waals surface area contributed by atoms with Crippen LogP contribution in [0.4, 0.5) is 0 Å². The molecule has 0 aliphatic carbocycles. The van der Waals surface area contributed by atoms with Gasteiger partial charge in [0.1, 0.15) is 11.5 Å². The molecule has 0 bridgehead atoms. The van der Waals surface area contributed by atoms with Gasteiger partial charge in [0.2, 0.25) is 0 Å². The van der Waals surface area contributed by atoms with Gasteiger partial charge in [0.05, 0.1) is 13.2 Å². The highest BCUT2D eigenvalue weighted by atomic mass is 16.5. The van der Waals surface area contributed by atoms with E-state index in [1.807, 2.05) is 38.1 Å². The van der Waals surface area contributed by atoms with Crippen LogP contribution in [0.1, 0.15) is 43.0 Å². The molecule has 0 unspecified atom stereocenters. The fourth-order valence-corrected chi connectivity index (χ4v) is 2.75. The largest absolute Gasteiger partial charge is 0.497 e. The average Bonchev–Trinajstić information content (AvgIpc) is 2.61. The monoisotopic (exact) mass is 341 g/mol. The molecule has 134 valence electrons. The minimum absolute atomic E-state index is 0.0686. The molecule has 1 amide bonds. The van der Waals surface area contributed by atoms with E-state index in [2.05, 4.69) is 37.4 Å².